The molecule has 0 radical (unpaired) electrons. The molecule has 19 heavy (non-hydrogen) atoms. The fourth-order valence-corrected chi connectivity index (χ4v) is 0.249. The number of carbonyl (C=O) groups excluding carboxylic acids is 1. The molecular formula is C7H8AlNaO9S. The van der Waals surface area contributed by atoms with Crippen molar-refractivity contribution in [3.05, 3.63) is 24.3 Å². The molecule has 0 amide bonds. The molecule has 1 N–H and O–H groups in total. The topological polar surface area (TPSA) is 181 Å². The van der Waals surface area contributed by atoms with E-state index in [-0.39, 0.29) is 46.9 Å². The quantitative estimate of drug-likeness (QED) is 0.170. The van der Waals surface area contributed by atoms with Gasteiger partial charge in [0.05, 0.1) is 0 Å². The van der Waals surface area contributed by atoms with Crippen LogP contribution in [-0.2, 0) is 15.2 Å². The van der Waals surface area contributed by atoms with Crippen LogP contribution in [0.1, 0.15) is 6.92 Å². The maximum absolute atomic E-state index is 9.75. The summed E-state index contributed by atoms with van der Waals surface area (Å²) >= 11 is 0. The molecular weight excluding hydrogens is 310 g/mol. The van der Waals surface area contributed by atoms with Gasteiger partial charge < -0.3 is 29.2 Å². The van der Waals surface area contributed by atoms with Crippen molar-refractivity contribution < 1.29 is 72.0 Å². The number of hydrogen-bond acceptors (Lipinski definition) is 8. The number of allylic oxidation sites excluding steroid dienone is 3. The Kier molecular flexibility index (Phi) is 32.7. The van der Waals surface area contributed by atoms with Gasteiger partial charge >= 0.3 is 52.9 Å². The van der Waals surface area contributed by atoms with Crippen LogP contribution in [0.4, 0.5) is 4.79 Å². The largest absolute Gasteiger partial charge is 3.00 e. The first-order valence-electron chi connectivity index (χ1n) is 3.57. The van der Waals surface area contributed by atoms with Crippen LogP contribution in [0.2, 0.25) is 0 Å². The van der Waals surface area contributed by atoms with Crippen molar-refractivity contribution in [3.63, 3.8) is 0 Å². The summed E-state index contributed by atoms with van der Waals surface area (Å²) in [6.45, 7) is 1.83. The number of rotatable bonds is 2. The monoisotopic (exact) mass is 318 g/mol. The van der Waals surface area contributed by atoms with E-state index in [0.717, 1.165) is 6.08 Å². The van der Waals surface area contributed by atoms with Gasteiger partial charge in [-0.2, -0.15) is 0 Å². The first kappa shape index (κ1) is 31.2. The second-order valence-electron chi connectivity index (χ2n) is 1.88. The number of carboxylic acid groups (broad SMARTS) is 3. The van der Waals surface area contributed by atoms with Crippen LogP contribution in [0.15, 0.2) is 24.3 Å². The summed E-state index contributed by atoms with van der Waals surface area (Å²) in [5.74, 6) is -0.914. The molecule has 100 valence electrons. The van der Waals surface area contributed by atoms with Crippen molar-refractivity contribution in [3.8, 4) is 0 Å². The normalized spacial score (nSPS) is 9.00. The third-order valence-corrected chi connectivity index (χ3v) is 0.542. The van der Waals surface area contributed by atoms with E-state index in [2.05, 4.69) is 0 Å². The Labute approximate surface area is 142 Å². The molecule has 0 bridgehead atoms. The van der Waals surface area contributed by atoms with E-state index in [4.69, 9.17) is 37.6 Å². The number of aliphatic carboxylic acids is 1. The zero-order valence-corrected chi connectivity index (χ0v) is 14.0. The minimum absolute atomic E-state index is 0. The number of carbonyl (C=O) groups is 2. The van der Waals surface area contributed by atoms with Crippen molar-refractivity contribution in [2.45, 2.75) is 6.92 Å². The van der Waals surface area contributed by atoms with Crippen LogP contribution >= 0.6 is 0 Å². The molecule has 9 nitrogen and oxygen atoms in total. The zero-order chi connectivity index (χ0) is 14.5. The molecule has 0 aliphatic rings. The molecule has 0 heterocycles. The molecule has 0 aliphatic carbocycles. The fourth-order valence-electron chi connectivity index (χ4n) is 0.249. The zero-order valence-electron chi connectivity index (χ0n) is 10.0. The van der Waals surface area contributed by atoms with Crippen LogP contribution in [-0.4, -0.2) is 52.1 Å². The average Bonchev–Trinajstić information content (AvgIpc) is 1.99. The third kappa shape index (κ3) is 201. The summed E-state index contributed by atoms with van der Waals surface area (Å²) in [5.41, 5.74) is 0. The van der Waals surface area contributed by atoms with Gasteiger partial charge in [0, 0.05) is 16.5 Å². The summed E-state index contributed by atoms with van der Waals surface area (Å²) in [5, 5.41) is 24.7. The third-order valence-electron chi connectivity index (χ3n) is 0.542. The van der Waals surface area contributed by atoms with Crippen molar-refractivity contribution in [1.29, 1.82) is 0 Å². The molecule has 0 saturated heterocycles. The first-order chi connectivity index (χ1) is 7.50. The fraction of sp³-hybridized carbons (Fsp3) is 0.143. The number of carboxylic acids is 1. The molecule has 0 aromatic carbocycles. The Morgan fingerprint density at radius 3 is 1.53 bits per heavy atom. The van der Waals surface area contributed by atoms with E-state index in [0.29, 0.717) is 0 Å². The summed E-state index contributed by atoms with van der Waals surface area (Å²) < 4.78 is 34.1. The summed E-state index contributed by atoms with van der Waals surface area (Å²) in [7, 11) is -5.17. The predicted octanol–water partition coefficient (Wildman–Crippen LogP) is -5.96. The molecule has 0 aliphatic heterocycles. The maximum atomic E-state index is 9.75. The minimum Gasteiger partial charge on any atom is -0.759 e. The van der Waals surface area contributed by atoms with E-state index >= 15 is 0 Å². The first-order valence-corrected chi connectivity index (χ1v) is 4.91. The Bertz CT molecular complexity index is 364. The number of hydrogen-bond donors (Lipinski definition) is 1. The second-order valence-corrected chi connectivity index (χ2v) is 2.70. The van der Waals surface area contributed by atoms with Gasteiger partial charge in [0.15, 0.2) is 0 Å². The van der Waals surface area contributed by atoms with Crippen molar-refractivity contribution in [2.75, 3.05) is 0 Å². The van der Waals surface area contributed by atoms with Crippen LogP contribution in [0.5, 0.6) is 0 Å². The Morgan fingerprint density at radius 1 is 1.11 bits per heavy atom. The van der Waals surface area contributed by atoms with Gasteiger partial charge in [-0.05, 0) is 13.1 Å². The van der Waals surface area contributed by atoms with E-state index in [1.807, 2.05) is 6.92 Å². The standard InChI is InChI=1S/C6H8O2.CH2O3.Al.Na.H2O4S/c1-2-3-4-5-6(7)8;2-1(3)4;;;1-5(2,3)4/h2-5H,1H3,(H,7,8);(H2,2,3,4);;;(H2,1,2,3,4)/q;;+3;+1;/p-4. The molecule has 0 unspecified atom stereocenters. The summed E-state index contributed by atoms with van der Waals surface area (Å²) in [6, 6.07) is 0. The second kappa shape index (κ2) is 20.0. The molecule has 0 spiro atoms. The molecule has 0 atom stereocenters. The van der Waals surface area contributed by atoms with E-state index in [1.165, 1.54) is 6.08 Å². The molecule has 0 saturated carbocycles. The molecule has 12 heteroatoms. The molecule has 0 rings (SSSR count). The minimum atomic E-state index is -5.17. The van der Waals surface area contributed by atoms with Crippen LogP contribution in [0, 0.1) is 0 Å². The van der Waals surface area contributed by atoms with Crippen LogP contribution in [0.3, 0.4) is 0 Å². The molecule has 0 aromatic heterocycles. The Balaban J connectivity index is -0.0000000524. The van der Waals surface area contributed by atoms with E-state index in [1.54, 1.807) is 12.2 Å². The van der Waals surface area contributed by atoms with Gasteiger partial charge in [0.25, 0.3) is 0 Å². The SMILES string of the molecule is CC=CC=CC(=O)O.O=C([O-])[O-].O=S(=O)([O-])[O-].[Al+3].[Na+]. The van der Waals surface area contributed by atoms with Gasteiger partial charge in [-0.1, -0.05) is 18.2 Å². The van der Waals surface area contributed by atoms with E-state index < -0.39 is 22.5 Å². The van der Waals surface area contributed by atoms with Crippen molar-refractivity contribution in [2.24, 2.45) is 0 Å². The van der Waals surface area contributed by atoms with Gasteiger partial charge in [-0.25, -0.2) is 4.79 Å². The Morgan fingerprint density at radius 2 is 1.37 bits per heavy atom. The van der Waals surface area contributed by atoms with Gasteiger partial charge in [0.2, 0.25) is 0 Å². The van der Waals surface area contributed by atoms with Crippen LogP contribution in [0.25, 0.3) is 0 Å². The van der Waals surface area contributed by atoms with E-state index in [9.17, 15) is 4.79 Å². The molecule has 0 fully saturated rings. The van der Waals surface area contributed by atoms with Gasteiger partial charge in [0.1, 0.15) is 0 Å². The maximum Gasteiger partial charge on any atom is 3.00 e. The van der Waals surface area contributed by atoms with Crippen LogP contribution < -0.4 is 39.8 Å². The average molecular weight is 318 g/mol. The smallest absolute Gasteiger partial charge is 0.759 e. The Hall–Kier alpha value is -0.378. The molecule has 0 aromatic rings. The summed E-state index contributed by atoms with van der Waals surface area (Å²) in [4.78, 5) is 18.1. The van der Waals surface area contributed by atoms with Crippen molar-refractivity contribution in [1.82, 2.24) is 0 Å². The summed E-state index contributed by atoms with van der Waals surface area (Å²) in [6.07, 6.45) is 3.65. The van der Waals surface area contributed by atoms with Gasteiger partial charge in [-0.15, -0.1) is 0 Å². The van der Waals surface area contributed by atoms with Crippen molar-refractivity contribution >= 4 is 39.9 Å². The van der Waals surface area contributed by atoms with Gasteiger partial charge in [-0.3, -0.25) is 8.42 Å². The predicted molar refractivity (Wildman–Crippen MR) is 53.2 cm³/mol.